The maximum absolute atomic E-state index is 12.9. The minimum atomic E-state index is -3.68. The van der Waals surface area contributed by atoms with Crippen molar-refractivity contribution in [2.75, 3.05) is 13.1 Å². The molecule has 1 aromatic carbocycles. The first-order chi connectivity index (χ1) is 13.3. The first-order valence-corrected chi connectivity index (χ1v) is 11.5. The lowest BCUT2D eigenvalue weighted by molar-refractivity contribution is -0.131. The number of hydrogen-bond donors (Lipinski definition) is 1. The van der Waals surface area contributed by atoms with Gasteiger partial charge in [-0.1, -0.05) is 12.1 Å². The lowest BCUT2D eigenvalue weighted by atomic mass is 9.97. The zero-order chi connectivity index (χ0) is 19.9. The van der Waals surface area contributed by atoms with Gasteiger partial charge in [-0.25, -0.2) is 4.98 Å². The maximum Gasteiger partial charge on any atom is 0.342 e. The first kappa shape index (κ1) is 19.1. The lowest BCUT2D eigenvalue weighted by Crippen LogP contribution is -2.40. The van der Waals surface area contributed by atoms with Gasteiger partial charge in [-0.2, -0.15) is 8.42 Å². The third-order valence-electron chi connectivity index (χ3n) is 5.19. The number of rotatable bonds is 3. The van der Waals surface area contributed by atoms with E-state index >= 15 is 0 Å². The molecule has 0 radical (unpaired) electrons. The number of benzene rings is 1. The van der Waals surface area contributed by atoms with Crippen LogP contribution in [0.2, 0.25) is 0 Å². The molecule has 0 unspecified atom stereocenters. The number of hydrogen-bond acceptors (Lipinski definition) is 5. The van der Waals surface area contributed by atoms with Crippen LogP contribution in [-0.4, -0.2) is 43.0 Å². The van der Waals surface area contributed by atoms with Gasteiger partial charge >= 0.3 is 10.2 Å². The van der Waals surface area contributed by atoms with Crippen LogP contribution >= 0.6 is 11.3 Å². The van der Waals surface area contributed by atoms with Crippen molar-refractivity contribution in [1.82, 2.24) is 14.6 Å². The van der Waals surface area contributed by atoms with Crippen LogP contribution in [0.1, 0.15) is 44.0 Å². The number of likely N-dealkylation sites (tertiary alicyclic amines) is 1. The Kier molecular flexibility index (Phi) is 4.96. The van der Waals surface area contributed by atoms with E-state index in [1.165, 1.54) is 4.70 Å². The van der Waals surface area contributed by atoms with Crippen LogP contribution < -0.4 is 4.72 Å². The SMILES string of the molecule is CC1=NS(=O)(=O)NC(C)=C1CC(=O)N1CCC[C@H](c2nc3ccccc3s2)C1. The largest absolute Gasteiger partial charge is 0.342 e. The number of thiazole rings is 1. The van der Waals surface area contributed by atoms with Gasteiger partial charge in [0.25, 0.3) is 0 Å². The highest BCUT2D eigenvalue weighted by molar-refractivity contribution is 7.88. The number of allylic oxidation sites excluding steroid dienone is 1. The Balaban J connectivity index is 1.49. The van der Waals surface area contributed by atoms with E-state index in [2.05, 4.69) is 15.2 Å². The number of nitrogens with one attached hydrogen (secondary N) is 1. The molecule has 1 fully saturated rings. The predicted molar refractivity (Wildman–Crippen MR) is 111 cm³/mol. The third-order valence-corrected chi connectivity index (χ3v) is 7.47. The van der Waals surface area contributed by atoms with Crippen molar-refractivity contribution in [2.45, 2.75) is 39.0 Å². The molecule has 1 saturated heterocycles. The Labute approximate surface area is 168 Å². The first-order valence-electron chi connectivity index (χ1n) is 9.25. The molecule has 1 atom stereocenters. The second-order valence-electron chi connectivity index (χ2n) is 7.23. The summed E-state index contributed by atoms with van der Waals surface area (Å²) in [7, 11) is -3.68. The molecule has 2 aliphatic rings. The average Bonchev–Trinajstić information content (AvgIpc) is 3.08. The Morgan fingerprint density at radius 3 is 2.86 bits per heavy atom. The van der Waals surface area contributed by atoms with Gasteiger partial charge in [0, 0.05) is 30.3 Å². The highest BCUT2D eigenvalue weighted by Crippen LogP contribution is 2.33. The van der Waals surface area contributed by atoms with E-state index in [4.69, 9.17) is 4.98 Å². The van der Waals surface area contributed by atoms with Gasteiger partial charge < -0.3 is 4.90 Å². The highest BCUT2D eigenvalue weighted by Gasteiger charge is 2.29. The van der Waals surface area contributed by atoms with Gasteiger partial charge in [0.2, 0.25) is 5.91 Å². The van der Waals surface area contributed by atoms with E-state index in [0.717, 1.165) is 23.4 Å². The molecule has 148 valence electrons. The van der Waals surface area contributed by atoms with Crippen molar-refractivity contribution in [3.8, 4) is 0 Å². The second kappa shape index (κ2) is 7.29. The molecule has 9 heteroatoms. The topological polar surface area (TPSA) is 91.7 Å². The fraction of sp³-hybridized carbons (Fsp3) is 0.421. The van der Waals surface area contributed by atoms with Crippen LogP contribution in [0.25, 0.3) is 10.2 Å². The summed E-state index contributed by atoms with van der Waals surface area (Å²) in [4.78, 5) is 19.5. The average molecular weight is 419 g/mol. The summed E-state index contributed by atoms with van der Waals surface area (Å²) < 4.78 is 30.5. The van der Waals surface area contributed by atoms with Crippen molar-refractivity contribution in [3.05, 3.63) is 40.5 Å². The molecular weight excluding hydrogens is 396 g/mol. The van der Waals surface area contributed by atoms with Crippen molar-refractivity contribution in [1.29, 1.82) is 0 Å². The van der Waals surface area contributed by atoms with Gasteiger partial charge in [-0.15, -0.1) is 15.7 Å². The van der Waals surface area contributed by atoms with Gasteiger partial charge in [0.05, 0.1) is 27.4 Å². The van der Waals surface area contributed by atoms with Crippen LogP contribution in [0, 0.1) is 0 Å². The van der Waals surface area contributed by atoms with Crippen molar-refractivity contribution >= 4 is 43.4 Å². The van der Waals surface area contributed by atoms with Gasteiger partial charge in [0.1, 0.15) is 0 Å². The highest BCUT2D eigenvalue weighted by atomic mass is 32.2. The third kappa shape index (κ3) is 3.81. The van der Waals surface area contributed by atoms with E-state index in [9.17, 15) is 13.2 Å². The fourth-order valence-electron chi connectivity index (χ4n) is 3.78. The number of amides is 1. The van der Waals surface area contributed by atoms with Crippen molar-refractivity contribution < 1.29 is 13.2 Å². The lowest BCUT2D eigenvalue weighted by Gasteiger charge is -2.32. The van der Waals surface area contributed by atoms with Crippen molar-refractivity contribution in [3.63, 3.8) is 0 Å². The molecule has 1 aromatic heterocycles. The van der Waals surface area contributed by atoms with E-state index in [0.29, 0.717) is 30.1 Å². The number of fused-ring (bicyclic) bond motifs is 1. The maximum atomic E-state index is 12.9. The van der Waals surface area contributed by atoms with Gasteiger partial charge in [0.15, 0.2) is 0 Å². The Bertz CT molecular complexity index is 1070. The van der Waals surface area contributed by atoms with Gasteiger partial charge in [-0.05, 0) is 38.8 Å². The molecule has 0 aliphatic carbocycles. The fourth-order valence-corrected chi connectivity index (χ4v) is 5.90. The standard InChI is InChI=1S/C19H22N4O3S2/c1-12-15(13(2)22-28(25,26)21-12)10-18(24)23-9-5-6-14(11-23)19-20-16-7-3-4-8-17(16)27-19/h3-4,7-8,14,21H,5-6,9-11H2,1-2H3/t14-/m0/s1. The van der Waals surface area contributed by atoms with E-state index < -0.39 is 10.2 Å². The number of carbonyl (C=O) groups is 1. The quantitative estimate of drug-likeness (QED) is 0.829. The van der Waals surface area contributed by atoms with Gasteiger partial charge in [-0.3, -0.25) is 9.52 Å². The van der Waals surface area contributed by atoms with Crippen LogP contribution in [0.3, 0.4) is 0 Å². The predicted octanol–water partition coefficient (Wildman–Crippen LogP) is 2.98. The number of nitrogens with zero attached hydrogens (tertiary/aromatic N) is 3. The molecule has 4 rings (SSSR count). The van der Waals surface area contributed by atoms with E-state index in [1.807, 2.05) is 23.1 Å². The zero-order valence-corrected chi connectivity index (χ0v) is 17.4. The van der Waals surface area contributed by atoms with E-state index in [-0.39, 0.29) is 18.2 Å². The summed E-state index contributed by atoms with van der Waals surface area (Å²) in [6.07, 6.45) is 2.10. The summed E-state index contributed by atoms with van der Waals surface area (Å²) in [5.74, 6) is 0.237. The van der Waals surface area contributed by atoms with E-state index in [1.54, 1.807) is 25.2 Å². The molecular formula is C19H22N4O3S2. The second-order valence-corrected chi connectivity index (χ2v) is 9.63. The molecule has 2 aromatic rings. The number of piperidine rings is 1. The molecule has 7 nitrogen and oxygen atoms in total. The summed E-state index contributed by atoms with van der Waals surface area (Å²) >= 11 is 1.70. The zero-order valence-electron chi connectivity index (χ0n) is 15.8. The summed E-state index contributed by atoms with van der Waals surface area (Å²) in [5.41, 5.74) is 2.51. The Morgan fingerprint density at radius 1 is 1.32 bits per heavy atom. The summed E-state index contributed by atoms with van der Waals surface area (Å²) in [6, 6.07) is 8.09. The Hall–Kier alpha value is -2.26. The summed E-state index contributed by atoms with van der Waals surface area (Å²) in [6.45, 7) is 4.66. The number of aromatic nitrogens is 1. The number of carbonyl (C=O) groups excluding carboxylic acids is 1. The Morgan fingerprint density at radius 2 is 2.11 bits per heavy atom. The minimum absolute atomic E-state index is 0.00388. The molecule has 0 bridgehead atoms. The smallest absolute Gasteiger partial charge is 0.342 e. The van der Waals surface area contributed by atoms with Crippen LogP contribution in [0.5, 0.6) is 0 Å². The normalized spacial score (nSPS) is 22.1. The molecule has 28 heavy (non-hydrogen) atoms. The molecule has 0 spiro atoms. The molecule has 1 amide bonds. The van der Waals surface area contributed by atoms with Crippen LogP contribution in [0.15, 0.2) is 39.9 Å². The number of para-hydroxylation sites is 1. The van der Waals surface area contributed by atoms with Crippen LogP contribution in [-0.2, 0) is 15.0 Å². The minimum Gasteiger partial charge on any atom is -0.342 e. The monoisotopic (exact) mass is 418 g/mol. The van der Waals surface area contributed by atoms with Crippen LogP contribution in [0.4, 0.5) is 0 Å². The van der Waals surface area contributed by atoms with Crippen molar-refractivity contribution in [2.24, 2.45) is 4.40 Å². The molecule has 1 N–H and O–H groups in total. The molecule has 0 saturated carbocycles. The molecule has 2 aliphatic heterocycles. The summed E-state index contributed by atoms with van der Waals surface area (Å²) in [5, 5.41) is 1.08. The molecule has 3 heterocycles.